The maximum atomic E-state index is 12.8. The maximum Gasteiger partial charge on any atom is 0.416 e. The van der Waals surface area contributed by atoms with E-state index in [0.29, 0.717) is 5.69 Å². The molecule has 14 heteroatoms. The summed E-state index contributed by atoms with van der Waals surface area (Å²) in [4.78, 5) is 30.0. The van der Waals surface area contributed by atoms with E-state index in [1.807, 2.05) is 0 Å². The Balaban J connectivity index is 0.00000361. The lowest BCUT2D eigenvalue weighted by atomic mass is 10.2. The Labute approximate surface area is 203 Å². The van der Waals surface area contributed by atoms with Gasteiger partial charge in [-0.1, -0.05) is 6.07 Å². The van der Waals surface area contributed by atoms with E-state index >= 15 is 0 Å². The molecule has 35 heavy (non-hydrogen) atoms. The molecule has 1 aliphatic heterocycles. The van der Waals surface area contributed by atoms with Gasteiger partial charge >= 0.3 is 12.3 Å². The third-order valence-corrected chi connectivity index (χ3v) is 7.13. The number of nitrogens with zero attached hydrogens (tertiary/aromatic N) is 2. The van der Waals surface area contributed by atoms with Gasteiger partial charge < -0.3 is 9.64 Å². The van der Waals surface area contributed by atoms with Gasteiger partial charge in [-0.05, 0) is 42.5 Å². The number of benzene rings is 2. The van der Waals surface area contributed by atoms with Crippen molar-refractivity contribution in [2.24, 2.45) is 0 Å². The van der Waals surface area contributed by atoms with Gasteiger partial charge in [-0.3, -0.25) is 14.8 Å². The molecule has 1 atom stereocenters. The number of ether oxygens (including phenoxy) is 1. The summed E-state index contributed by atoms with van der Waals surface area (Å²) in [5.41, 5.74) is -0.673. The summed E-state index contributed by atoms with van der Waals surface area (Å²) < 4.78 is 70.8. The number of alkyl halides is 3. The molecule has 2 heterocycles. The van der Waals surface area contributed by atoms with Crippen molar-refractivity contribution in [1.29, 1.82) is 0 Å². The van der Waals surface area contributed by atoms with Crippen LogP contribution in [0, 0.1) is 0 Å². The van der Waals surface area contributed by atoms with E-state index in [1.54, 1.807) is 5.38 Å². The fourth-order valence-electron chi connectivity index (χ4n) is 3.32. The molecule has 0 aliphatic carbocycles. The average molecular weight is 529 g/mol. The molecular weight excluding hydrogens is 509 g/mol. The number of thiazole rings is 1. The monoisotopic (exact) mass is 528 g/mol. The zero-order chi connectivity index (χ0) is 25.2. The van der Waals surface area contributed by atoms with Crippen LogP contribution in [0.3, 0.4) is 0 Å². The molecule has 0 spiro atoms. The minimum absolute atomic E-state index is 0. The van der Waals surface area contributed by atoms with Gasteiger partial charge in [0.2, 0.25) is 0 Å². The standard InChI is InChI=1S/C21H17F3N4O5S2.H2/c22-21(23,24)13-2-1-3-14(12-13)26-20(30)33-17-8-10-28(18(17)29)15-4-6-16(7-5-15)35(31,32)27-19-25-9-11-34-19;/h1-7,9,11-12,17H,8,10H2,(H,25,27)(H,26,30);1H/t17-;/m0./s1. The number of hydrogen-bond acceptors (Lipinski definition) is 7. The average Bonchev–Trinajstić information content (AvgIpc) is 3.43. The summed E-state index contributed by atoms with van der Waals surface area (Å²) in [6.45, 7) is 0.198. The Morgan fingerprint density at radius 3 is 2.60 bits per heavy atom. The van der Waals surface area contributed by atoms with Gasteiger partial charge in [0.25, 0.3) is 15.9 Å². The summed E-state index contributed by atoms with van der Waals surface area (Å²) in [5.74, 6) is -0.541. The first kappa shape index (κ1) is 24.5. The molecule has 0 radical (unpaired) electrons. The quantitative estimate of drug-likeness (QED) is 0.484. The van der Waals surface area contributed by atoms with Gasteiger partial charge in [-0.25, -0.2) is 18.2 Å². The number of carbonyl (C=O) groups is 2. The number of halogens is 3. The van der Waals surface area contributed by atoms with Crippen LogP contribution >= 0.6 is 11.3 Å². The van der Waals surface area contributed by atoms with Crippen molar-refractivity contribution in [1.82, 2.24) is 4.98 Å². The van der Waals surface area contributed by atoms with E-state index in [2.05, 4.69) is 15.0 Å². The smallest absolute Gasteiger partial charge is 0.416 e. The minimum Gasteiger partial charge on any atom is -0.436 e. The second kappa shape index (κ2) is 9.54. The largest absolute Gasteiger partial charge is 0.436 e. The maximum absolute atomic E-state index is 12.8. The predicted octanol–water partition coefficient (Wildman–Crippen LogP) is 4.56. The lowest BCUT2D eigenvalue weighted by Crippen LogP contribution is -2.33. The van der Waals surface area contributed by atoms with E-state index in [1.165, 1.54) is 41.4 Å². The third kappa shape index (κ3) is 5.71. The first-order chi connectivity index (χ1) is 16.5. The van der Waals surface area contributed by atoms with Crippen LogP contribution in [-0.2, 0) is 25.7 Å². The number of anilines is 3. The molecule has 1 aromatic heterocycles. The van der Waals surface area contributed by atoms with E-state index in [-0.39, 0.29) is 30.1 Å². The third-order valence-electron chi connectivity index (χ3n) is 4.95. The van der Waals surface area contributed by atoms with E-state index in [4.69, 9.17) is 4.74 Å². The van der Waals surface area contributed by atoms with Crippen molar-refractivity contribution in [3.05, 3.63) is 65.7 Å². The number of amides is 2. The van der Waals surface area contributed by atoms with Crippen LogP contribution in [0.15, 0.2) is 65.0 Å². The fraction of sp³-hybridized carbons (Fsp3) is 0.190. The molecule has 2 amide bonds. The Morgan fingerprint density at radius 2 is 1.94 bits per heavy atom. The Morgan fingerprint density at radius 1 is 1.20 bits per heavy atom. The van der Waals surface area contributed by atoms with E-state index in [9.17, 15) is 31.2 Å². The molecule has 1 aliphatic rings. The van der Waals surface area contributed by atoms with Crippen LogP contribution < -0.4 is 14.9 Å². The minimum atomic E-state index is -4.57. The number of hydrogen-bond donors (Lipinski definition) is 2. The summed E-state index contributed by atoms with van der Waals surface area (Å²) in [6.07, 6.45) is -5.17. The van der Waals surface area contributed by atoms with Crippen molar-refractivity contribution >= 4 is 49.9 Å². The van der Waals surface area contributed by atoms with Crippen molar-refractivity contribution in [2.45, 2.75) is 23.6 Å². The van der Waals surface area contributed by atoms with Gasteiger partial charge in [0.15, 0.2) is 11.2 Å². The van der Waals surface area contributed by atoms with Crippen molar-refractivity contribution in [3.8, 4) is 0 Å². The van der Waals surface area contributed by atoms with Gasteiger partial charge in [-0.15, -0.1) is 11.3 Å². The molecule has 2 N–H and O–H groups in total. The number of nitrogens with one attached hydrogen (secondary N) is 2. The highest BCUT2D eigenvalue weighted by atomic mass is 32.2. The summed E-state index contributed by atoms with van der Waals surface area (Å²) in [6, 6.07) is 9.55. The van der Waals surface area contributed by atoms with Gasteiger partial charge in [-0.2, -0.15) is 13.2 Å². The lowest BCUT2D eigenvalue weighted by molar-refractivity contribution is -0.137. The highest BCUT2D eigenvalue weighted by Crippen LogP contribution is 2.31. The number of aromatic nitrogens is 1. The highest BCUT2D eigenvalue weighted by Gasteiger charge is 2.36. The fourth-order valence-corrected chi connectivity index (χ4v) is 5.11. The van der Waals surface area contributed by atoms with Crippen LogP contribution in [0.4, 0.5) is 34.5 Å². The first-order valence-corrected chi connectivity index (χ1v) is 12.4. The molecule has 4 rings (SSSR count). The Hall–Kier alpha value is -3.65. The highest BCUT2D eigenvalue weighted by molar-refractivity contribution is 7.93. The van der Waals surface area contributed by atoms with Crippen LogP contribution in [0.25, 0.3) is 0 Å². The van der Waals surface area contributed by atoms with E-state index < -0.39 is 39.9 Å². The summed E-state index contributed by atoms with van der Waals surface area (Å²) >= 11 is 1.12. The molecule has 1 saturated heterocycles. The molecular formula is C21H19F3N4O5S2. The van der Waals surface area contributed by atoms with Crippen LogP contribution in [0.1, 0.15) is 13.4 Å². The second-order valence-corrected chi connectivity index (χ2v) is 9.89. The molecule has 0 bridgehead atoms. The van der Waals surface area contributed by atoms with Crippen LogP contribution in [0.2, 0.25) is 0 Å². The lowest BCUT2D eigenvalue weighted by Gasteiger charge is -2.17. The van der Waals surface area contributed by atoms with Crippen molar-refractivity contribution < 1.29 is 37.3 Å². The van der Waals surface area contributed by atoms with E-state index in [0.717, 1.165) is 29.5 Å². The van der Waals surface area contributed by atoms with Crippen LogP contribution in [0.5, 0.6) is 0 Å². The van der Waals surface area contributed by atoms with Gasteiger partial charge in [0, 0.05) is 37.3 Å². The van der Waals surface area contributed by atoms with Gasteiger partial charge in [0.05, 0.1) is 10.5 Å². The number of carbonyl (C=O) groups excluding carboxylic acids is 2. The normalized spacial score (nSPS) is 16.3. The zero-order valence-corrected chi connectivity index (χ0v) is 19.3. The number of rotatable bonds is 6. The zero-order valence-electron chi connectivity index (χ0n) is 17.7. The van der Waals surface area contributed by atoms with Crippen molar-refractivity contribution in [3.63, 3.8) is 0 Å². The van der Waals surface area contributed by atoms with Crippen molar-refractivity contribution in [2.75, 3.05) is 21.5 Å². The molecule has 1 fully saturated rings. The molecule has 3 aromatic rings. The van der Waals surface area contributed by atoms with Gasteiger partial charge in [0.1, 0.15) is 0 Å². The Kier molecular flexibility index (Phi) is 6.67. The Bertz CT molecular complexity index is 1340. The molecule has 2 aromatic carbocycles. The predicted molar refractivity (Wildman–Crippen MR) is 124 cm³/mol. The SMILES string of the molecule is O=C(Nc1cccc(C(F)(F)F)c1)O[C@H]1CCN(c2ccc(S(=O)(=O)Nc3nccs3)cc2)C1=O.[HH]. The molecule has 186 valence electrons. The second-order valence-electron chi connectivity index (χ2n) is 7.31. The summed E-state index contributed by atoms with van der Waals surface area (Å²) in [7, 11) is -3.86. The molecule has 0 saturated carbocycles. The number of sulfonamides is 1. The summed E-state index contributed by atoms with van der Waals surface area (Å²) in [5, 5.41) is 4.03. The molecule has 9 nitrogen and oxygen atoms in total. The molecule has 0 unspecified atom stereocenters. The first-order valence-electron chi connectivity index (χ1n) is 10.0. The van der Waals surface area contributed by atoms with Crippen LogP contribution in [-0.4, -0.2) is 38.1 Å². The topological polar surface area (TPSA) is 118 Å².